The normalized spacial score (nSPS) is 20.4. The molecule has 1 aromatic carbocycles. The van der Waals surface area contributed by atoms with Gasteiger partial charge in [-0.1, -0.05) is 6.07 Å². The van der Waals surface area contributed by atoms with Crippen LogP contribution in [0.2, 0.25) is 0 Å². The van der Waals surface area contributed by atoms with Gasteiger partial charge < -0.3 is 10.0 Å². The zero-order chi connectivity index (χ0) is 12.4. The number of benzene rings is 1. The topological polar surface area (TPSA) is 26.7 Å². The maximum Gasteiger partial charge on any atom is 0.131 e. The number of hydrogen-bond donors (Lipinski definition) is 1. The summed E-state index contributed by atoms with van der Waals surface area (Å²) >= 11 is 0. The molecular weight excluding hydrogens is 219 g/mol. The highest BCUT2D eigenvalue weighted by molar-refractivity contribution is 5.29. The van der Waals surface area contributed by atoms with E-state index in [4.69, 9.17) is 0 Å². The number of likely N-dealkylation sites (N-methyl/N-ethyl adjacent to an activating group) is 1. The Hall–Kier alpha value is -1.13. The molecule has 1 heterocycles. The second-order valence-electron chi connectivity index (χ2n) is 4.72. The van der Waals surface area contributed by atoms with Crippen molar-refractivity contribution in [2.75, 3.05) is 33.2 Å². The van der Waals surface area contributed by atoms with E-state index < -0.39 is 0 Å². The van der Waals surface area contributed by atoms with Crippen LogP contribution in [0, 0.1) is 5.82 Å². The lowest BCUT2D eigenvalue weighted by Gasteiger charge is -2.36. The fourth-order valence-electron chi connectivity index (χ4n) is 2.26. The SMILES string of the molecule is CC(c1ccc(O)cc1F)N1CCN(C)CC1. The third-order valence-electron chi connectivity index (χ3n) is 3.52. The van der Waals surface area contributed by atoms with Gasteiger partial charge >= 0.3 is 0 Å². The van der Waals surface area contributed by atoms with Gasteiger partial charge in [0.25, 0.3) is 0 Å². The van der Waals surface area contributed by atoms with Crippen LogP contribution in [0.1, 0.15) is 18.5 Å². The molecule has 17 heavy (non-hydrogen) atoms. The van der Waals surface area contributed by atoms with Crippen LogP contribution in [0.3, 0.4) is 0 Å². The molecule has 94 valence electrons. The summed E-state index contributed by atoms with van der Waals surface area (Å²) in [6.45, 7) is 5.96. The van der Waals surface area contributed by atoms with E-state index in [2.05, 4.69) is 16.8 Å². The van der Waals surface area contributed by atoms with E-state index >= 15 is 0 Å². The van der Waals surface area contributed by atoms with Crippen molar-refractivity contribution in [1.82, 2.24) is 9.80 Å². The van der Waals surface area contributed by atoms with Crippen LogP contribution in [0.5, 0.6) is 5.75 Å². The van der Waals surface area contributed by atoms with Crippen LogP contribution in [0.15, 0.2) is 18.2 Å². The Labute approximate surface area is 101 Å². The zero-order valence-electron chi connectivity index (χ0n) is 10.4. The van der Waals surface area contributed by atoms with Gasteiger partial charge in [0.1, 0.15) is 11.6 Å². The van der Waals surface area contributed by atoms with E-state index in [1.165, 1.54) is 6.07 Å². The molecule has 1 saturated heterocycles. The largest absolute Gasteiger partial charge is 0.508 e. The molecule has 0 radical (unpaired) electrons. The third-order valence-corrected chi connectivity index (χ3v) is 3.52. The van der Waals surface area contributed by atoms with Crippen LogP contribution in [-0.4, -0.2) is 48.1 Å². The number of rotatable bonds is 2. The van der Waals surface area contributed by atoms with Crippen LogP contribution in [-0.2, 0) is 0 Å². The van der Waals surface area contributed by atoms with Gasteiger partial charge in [-0.15, -0.1) is 0 Å². The molecule has 0 amide bonds. The maximum absolute atomic E-state index is 13.7. The molecule has 0 spiro atoms. The molecule has 1 atom stereocenters. The number of hydrogen-bond acceptors (Lipinski definition) is 3. The summed E-state index contributed by atoms with van der Waals surface area (Å²) in [6.07, 6.45) is 0. The van der Waals surface area contributed by atoms with Gasteiger partial charge in [0.15, 0.2) is 0 Å². The lowest BCUT2D eigenvalue weighted by molar-refractivity contribution is 0.117. The Kier molecular flexibility index (Phi) is 3.64. The summed E-state index contributed by atoms with van der Waals surface area (Å²) in [5, 5.41) is 9.20. The van der Waals surface area contributed by atoms with Crippen molar-refractivity contribution in [3.63, 3.8) is 0 Å². The highest BCUT2D eigenvalue weighted by Gasteiger charge is 2.22. The molecule has 1 aliphatic heterocycles. The number of nitrogens with zero attached hydrogens (tertiary/aromatic N) is 2. The second kappa shape index (κ2) is 5.02. The fraction of sp³-hybridized carbons (Fsp3) is 0.538. The van der Waals surface area contributed by atoms with Gasteiger partial charge in [0, 0.05) is 43.9 Å². The van der Waals surface area contributed by atoms with Crippen LogP contribution >= 0.6 is 0 Å². The highest BCUT2D eigenvalue weighted by Crippen LogP contribution is 2.26. The van der Waals surface area contributed by atoms with E-state index in [-0.39, 0.29) is 17.6 Å². The Morgan fingerprint density at radius 3 is 2.47 bits per heavy atom. The Morgan fingerprint density at radius 2 is 1.88 bits per heavy atom. The van der Waals surface area contributed by atoms with Crippen LogP contribution < -0.4 is 0 Å². The first-order chi connectivity index (χ1) is 8.08. The molecule has 1 unspecified atom stereocenters. The predicted octanol–water partition coefficient (Wildman–Crippen LogP) is 1.84. The molecule has 4 heteroatoms. The first-order valence-electron chi connectivity index (χ1n) is 5.99. The summed E-state index contributed by atoms with van der Waals surface area (Å²) in [6, 6.07) is 4.46. The fourth-order valence-corrected chi connectivity index (χ4v) is 2.26. The van der Waals surface area contributed by atoms with Crippen molar-refractivity contribution in [2.45, 2.75) is 13.0 Å². The van der Waals surface area contributed by atoms with Crippen LogP contribution in [0.4, 0.5) is 4.39 Å². The zero-order valence-corrected chi connectivity index (χ0v) is 10.4. The van der Waals surface area contributed by atoms with Crippen molar-refractivity contribution in [2.24, 2.45) is 0 Å². The van der Waals surface area contributed by atoms with E-state index in [1.54, 1.807) is 12.1 Å². The van der Waals surface area contributed by atoms with Crippen molar-refractivity contribution in [3.8, 4) is 5.75 Å². The third kappa shape index (κ3) is 2.76. The highest BCUT2D eigenvalue weighted by atomic mass is 19.1. The minimum atomic E-state index is -0.323. The summed E-state index contributed by atoms with van der Waals surface area (Å²) in [5.41, 5.74) is 0.660. The summed E-state index contributed by atoms with van der Waals surface area (Å²) in [5.74, 6) is -0.340. The number of phenols is 1. The minimum Gasteiger partial charge on any atom is -0.508 e. The van der Waals surface area contributed by atoms with E-state index in [1.807, 2.05) is 6.92 Å². The van der Waals surface area contributed by atoms with Gasteiger partial charge in [-0.05, 0) is 20.0 Å². The lowest BCUT2D eigenvalue weighted by Crippen LogP contribution is -2.45. The minimum absolute atomic E-state index is 0.0168. The van der Waals surface area contributed by atoms with Gasteiger partial charge in [-0.25, -0.2) is 4.39 Å². The predicted molar refractivity (Wildman–Crippen MR) is 65.5 cm³/mol. The summed E-state index contributed by atoms with van der Waals surface area (Å²) in [7, 11) is 2.10. The van der Waals surface area contributed by atoms with Gasteiger partial charge in [0.05, 0.1) is 0 Å². The smallest absolute Gasteiger partial charge is 0.131 e. The first kappa shape index (κ1) is 12.3. The molecule has 0 aromatic heterocycles. The number of piperazine rings is 1. The van der Waals surface area contributed by atoms with Gasteiger partial charge in [-0.3, -0.25) is 4.90 Å². The number of aromatic hydroxyl groups is 1. The average Bonchev–Trinajstić information content (AvgIpc) is 2.29. The molecule has 0 bridgehead atoms. The van der Waals surface area contributed by atoms with Crippen molar-refractivity contribution in [1.29, 1.82) is 0 Å². The van der Waals surface area contributed by atoms with Gasteiger partial charge in [-0.2, -0.15) is 0 Å². The second-order valence-corrected chi connectivity index (χ2v) is 4.72. The van der Waals surface area contributed by atoms with Crippen LogP contribution in [0.25, 0.3) is 0 Å². The Balaban J connectivity index is 2.11. The number of halogens is 1. The first-order valence-corrected chi connectivity index (χ1v) is 5.99. The molecule has 1 aromatic rings. The molecule has 3 nitrogen and oxygen atoms in total. The molecule has 0 saturated carbocycles. The lowest BCUT2D eigenvalue weighted by atomic mass is 10.1. The maximum atomic E-state index is 13.7. The molecule has 2 rings (SSSR count). The number of phenolic OH excluding ortho intramolecular Hbond substituents is 1. The monoisotopic (exact) mass is 238 g/mol. The summed E-state index contributed by atoms with van der Waals surface area (Å²) in [4.78, 5) is 4.55. The molecule has 1 fully saturated rings. The van der Waals surface area contributed by atoms with Crippen molar-refractivity contribution < 1.29 is 9.50 Å². The van der Waals surface area contributed by atoms with Gasteiger partial charge in [0.2, 0.25) is 0 Å². The van der Waals surface area contributed by atoms with Crippen molar-refractivity contribution in [3.05, 3.63) is 29.6 Å². The van der Waals surface area contributed by atoms with E-state index in [0.29, 0.717) is 5.56 Å². The molecular formula is C13H19FN2O. The quantitative estimate of drug-likeness (QED) is 0.851. The van der Waals surface area contributed by atoms with E-state index in [9.17, 15) is 9.50 Å². The van der Waals surface area contributed by atoms with Crippen molar-refractivity contribution >= 4 is 0 Å². The summed E-state index contributed by atoms with van der Waals surface area (Å²) < 4.78 is 13.7. The van der Waals surface area contributed by atoms with E-state index in [0.717, 1.165) is 26.2 Å². The molecule has 1 aliphatic rings. The standard InChI is InChI=1S/C13H19FN2O/c1-10(16-7-5-15(2)6-8-16)12-4-3-11(17)9-13(12)14/h3-4,9-10,17H,5-8H2,1-2H3. The molecule has 1 N–H and O–H groups in total. The Morgan fingerprint density at radius 1 is 1.24 bits per heavy atom. The average molecular weight is 238 g/mol. The molecule has 0 aliphatic carbocycles. The Bertz CT molecular complexity index is 389.